The monoisotopic (exact) mass is 364 g/mol. The van der Waals surface area contributed by atoms with E-state index in [0.717, 1.165) is 17.1 Å². The van der Waals surface area contributed by atoms with Crippen LogP contribution in [0.1, 0.15) is 39.0 Å². The number of amides is 1. The minimum atomic E-state index is -3.65. The summed E-state index contributed by atoms with van der Waals surface area (Å²) in [5.74, 6) is 0.443. The zero-order valence-corrected chi connectivity index (χ0v) is 14.8. The van der Waals surface area contributed by atoms with Gasteiger partial charge < -0.3 is 5.32 Å². The van der Waals surface area contributed by atoms with Crippen molar-refractivity contribution >= 4 is 44.2 Å². The Hall–Kier alpha value is -0.710. The summed E-state index contributed by atoms with van der Waals surface area (Å²) in [5, 5.41) is 10.5. The largest absolute Gasteiger partial charge is 0.301 e. The summed E-state index contributed by atoms with van der Waals surface area (Å²) < 4.78 is 26.5. The second-order valence-corrected chi connectivity index (χ2v) is 9.41. The molecule has 0 aliphatic heterocycles. The van der Waals surface area contributed by atoms with Gasteiger partial charge in [0.15, 0.2) is 0 Å². The van der Waals surface area contributed by atoms with E-state index in [1.165, 1.54) is 39.0 Å². The molecule has 1 amide bonds. The van der Waals surface area contributed by atoms with Crippen molar-refractivity contribution < 1.29 is 13.2 Å². The van der Waals surface area contributed by atoms with Crippen LogP contribution in [0.15, 0.2) is 4.34 Å². The van der Waals surface area contributed by atoms with Gasteiger partial charge in [0.25, 0.3) is 10.0 Å². The predicted octanol–water partition coefficient (Wildman–Crippen LogP) is 1.84. The molecule has 0 saturated heterocycles. The second kappa shape index (κ2) is 8.23. The molecule has 2 N–H and O–H groups in total. The first-order valence-corrected chi connectivity index (χ1v) is 10.5. The zero-order chi connectivity index (χ0) is 16.0. The summed E-state index contributed by atoms with van der Waals surface area (Å²) in [5.41, 5.74) is 0. The van der Waals surface area contributed by atoms with Crippen molar-refractivity contribution in [3.05, 3.63) is 0 Å². The highest BCUT2D eigenvalue weighted by Gasteiger charge is 2.20. The van der Waals surface area contributed by atoms with Gasteiger partial charge in [-0.25, -0.2) is 13.1 Å². The van der Waals surface area contributed by atoms with Crippen LogP contribution in [0, 0.1) is 0 Å². The second-order valence-electron chi connectivity index (χ2n) is 5.08. The number of carbonyl (C=O) groups is 1. The number of nitrogens with one attached hydrogen (secondary N) is 2. The molecule has 0 radical (unpaired) electrons. The van der Waals surface area contributed by atoms with Gasteiger partial charge >= 0.3 is 0 Å². The van der Waals surface area contributed by atoms with Gasteiger partial charge in [-0.15, -0.1) is 10.2 Å². The summed E-state index contributed by atoms with van der Waals surface area (Å²) in [4.78, 5) is 10.9. The maximum Gasteiger partial charge on any atom is 0.269 e. The van der Waals surface area contributed by atoms with E-state index in [4.69, 9.17) is 0 Å². The Morgan fingerprint density at radius 3 is 2.73 bits per heavy atom. The molecule has 1 aromatic rings. The van der Waals surface area contributed by atoms with Gasteiger partial charge in [-0.3, -0.25) is 4.79 Å². The van der Waals surface area contributed by atoms with Crippen molar-refractivity contribution in [3.63, 3.8) is 0 Å². The number of aromatic nitrogens is 2. The van der Waals surface area contributed by atoms with E-state index < -0.39 is 10.0 Å². The molecule has 0 atom stereocenters. The molecule has 10 heteroatoms. The molecule has 124 valence electrons. The highest BCUT2D eigenvalue weighted by Crippen LogP contribution is 2.27. The molecule has 1 aromatic heterocycles. The van der Waals surface area contributed by atoms with Crippen LogP contribution in [0.25, 0.3) is 0 Å². The lowest BCUT2D eigenvalue weighted by Gasteiger charge is -2.20. The molecule has 1 aliphatic carbocycles. The van der Waals surface area contributed by atoms with Gasteiger partial charge in [0.05, 0.1) is 0 Å². The van der Waals surface area contributed by atoms with Crippen LogP contribution in [0.3, 0.4) is 0 Å². The SMILES string of the molecule is CC(=O)Nc1nnc(S(=O)(=O)NCCSC2CCCCC2)s1. The summed E-state index contributed by atoms with van der Waals surface area (Å²) in [6.07, 6.45) is 6.33. The molecule has 0 bridgehead atoms. The number of sulfonamides is 1. The number of carbonyl (C=O) groups excluding carboxylic acids is 1. The number of nitrogens with zero attached hydrogens (tertiary/aromatic N) is 2. The highest BCUT2D eigenvalue weighted by atomic mass is 32.2. The normalized spacial score (nSPS) is 16.6. The predicted molar refractivity (Wildman–Crippen MR) is 88.7 cm³/mol. The number of anilines is 1. The summed E-state index contributed by atoms with van der Waals surface area (Å²) in [6.45, 7) is 1.70. The average molecular weight is 365 g/mol. The third kappa shape index (κ3) is 5.49. The number of hydrogen-bond acceptors (Lipinski definition) is 7. The van der Waals surface area contributed by atoms with Crippen LogP contribution in [-0.2, 0) is 14.8 Å². The van der Waals surface area contributed by atoms with Crippen LogP contribution in [-0.4, -0.2) is 42.1 Å². The molecular formula is C12H20N4O3S3. The Balaban J connectivity index is 1.77. The molecule has 0 spiro atoms. The fraction of sp³-hybridized carbons (Fsp3) is 0.750. The van der Waals surface area contributed by atoms with Gasteiger partial charge in [0, 0.05) is 24.5 Å². The molecular weight excluding hydrogens is 344 g/mol. The van der Waals surface area contributed by atoms with E-state index in [9.17, 15) is 13.2 Å². The third-order valence-electron chi connectivity index (χ3n) is 3.22. The lowest BCUT2D eigenvalue weighted by Crippen LogP contribution is -2.26. The van der Waals surface area contributed by atoms with Crippen LogP contribution in [0.5, 0.6) is 0 Å². The first kappa shape index (κ1) is 17.6. The molecule has 1 fully saturated rings. The molecule has 1 heterocycles. The van der Waals surface area contributed by atoms with Crippen molar-refractivity contribution in [2.24, 2.45) is 0 Å². The first-order chi connectivity index (χ1) is 10.5. The molecule has 7 nitrogen and oxygen atoms in total. The van der Waals surface area contributed by atoms with Crippen molar-refractivity contribution in [1.29, 1.82) is 0 Å². The third-order valence-corrected chi connectivity index (χ3v) is 7.27. The van der Waals surface area contributed by atoms with Gasteiger partial charge in [0.1, 0.15) is 0 Å². The lowest BCUT2D eigenvalue weighted by molar-refractivity contribution is -0.114. The standard InChI is InChI=1S/C12H20N4O3S3/c1-9(17)14-11-15-16-12(21-11)22(18,19)13-7-8-20-10-5-3-2-4-6-10/h10,13H,2-8H2,1H3,(H,14,15,17). The Bertz CT molecular complexity index is 597. The number of thioether (sulfide) groups is 1. The Morgan fingerprint density at radius 1 is 1.32 bits per heavy atom. The van der Waals surface area contributed by atoms with E-state index in [2.05, 4.69) is 20.2 Å². The van der Waals surface area contributed by atoms with Crippen molar-refractivity contribution in [1.82, 2.24) is 14.9 Å². The number of rotatable bonds is 7. The average Bonchev–Trinajstić information content (AvgIpc) is 2.93. The van der Waals surface area contributed by atoms with Crippen molar-refractivity contribution in [2.75, 3.05) is 17.6 Å². The zero-order valence-electron chi connectivity index (χ0n) is 12.4. The quantitative estimate of drug-likeness (QED) is 0.565. The van der Waals surface area contributed by atoms with Crippen LogP contribution in [0.4, 0.5) is 5.13 Å². The van der Waals surface area contributed by atoms with E-state index in [0.29, 0.717) is 11.8 Å². The van der Waals surface area contributed by atoms with Gasteiger partial charge in [-0.2, -0.15) is 11.8 Å². The highest BCUT2D eigenvalue weighted by molar-refractivity contribution is 8.00. The maximum atomic E-state index is 12.1. The van der Waals surface area contributed by atoms with E-state index in [-0.39, 0.29) is 15.4 Å². The van der Waals surface area contributed by atoms with Gasteiger partial charge in [0.2, 0.25) is 15.4 Å². The fourth-order valence-electron chi connectivity index (χ4n) is 2.21. The molecule has 1 aliphatic rings. The Morgan fingerprint density at radius 2 is 2.05 bits per heavy atom. The molecule has 2 rings (SSSR count). The topological polar surface area (TPSA) is 101 Å². The molecule has 0 aromatic carbocycles. The fourth-order valence-corrected chi connectivity index (χ4v) is 5.58. The summed E-state index contributed by atoms with van der Waals surface area (Å²) in [7, 11) is -3.65. The summed E-state index contributed by atoms with van der Waals surface area (Å²) in [6, 6.07) is 0. The minimum Gasteiger partial charge on any atom is -0.301 e. The Labute approximate surface area is 138 Å². The Kier molecular flexibility index (Phi) is 6.60. The maximum absolute atomic E-state index is 12.1. The molecule has 22 heavy (non-hydrogen) atoms. The molecule has 0 unspecified atom stereocenters. The summed E-state index contributed by atoms with van der Waals surface area (Å²) >= 11 is 2.67. The number of hydrogen-bond donors (Lipinski definition) is 2. The molecule has 1 saturated carbocycles. The van der Waals surface area contributed by atoms with Gasteiger partial charge in [-0.1, -0.05) is 30.6 Å². The minimum absolute atomic E-state index is 0.126. The smallest absolute Gasteiger partial charge is 0.269 e. The van der Waals surface area contributed by atoms with E-state index in [1.807, 2.05) is 11.8 Å². The van der Waals surface area contributed by atoms with Crippen molar-refractivity contribution in [3.8, 4) is 0 Å². The lowest BCUT2D eigenvalue weighted by atomic mass is 10.0. The van der Waals surface area contributed by atoms with Gasteiger partial charge in [-0.05, 0) is 12.8 Å². The van der Waals surface area contributed by atoms with Crippen LogP contribution in [0.2, 0.25) is 0 Å². The first-order valence-electron chi connectivity index (χ1n) is 7.20. The van der Waals surface area contributed by atoms with Crippen LogP contribution >= 0.6 is 23.1 Å². The van der Waals surface area contributed by atoms with Crippen LogP contribution < -0.4 is 10.0 Å². The van der Waals surface area contributed by atoms with E-state index in [1.54, 1.807) is 0 Å². The van der Waals surface area contributed by atoms with E-state index >= 15 is 0 Å². The van der Waals surface area contributed by atoms with Crippen molar-refractivity contribution in [2.45, 2.75) is 48.6 Å².